The summed E-state index contributed by atoms with van der Waals surface area (Å²) in [6.07, 6.45) is 3.49. The minimum Gasteiger partial charge on any atom is -0.371 e. The van der Waals surface area contributed by atoms with E-state index in [2.05, 4.69) is 21.8 Å². The lowest BCUT2D eigenvalue weighted by Crippen LogP contribution is -2.32. The Morgan fingerprint density at radius 1 is 1.16 bits per heavy atom. The van der Waals surface area contributed by atoms with Gasteiger partial charge in [-0.15, -0.1) is 0 Å². The minimum atomic E-state index is -0.486. The zero-order valence-corrected chi connectivity index (χ0v) is 13.7. The van der Waals surface area contributed by atoms with E-state index in [1.807, 2.05) is 36.5 Å². The van der Waals surface area contributed by atoms with E-state index in [1.54, 1.807) is 42.1 Å². The molecular formula is C19H17N5O. The van der Waals surface area contributed by atoms with E-state index in [0.29, 0.717) is 11.3 Å². The topological polar surface area (TPSA) is 82.7 Å². The Kier molecular flexibility index (Phi) is 4.77. The van der Waals surface area contributed by atoms with E-state index in [-0.39, 0.29) is 5.91 Å². The zero-order chi connectivity index (χ0) is 17.6. The number of benzene rings is 2. The van der Waals surface area contributed by atoms with E-state index in [4.69, 9.17) is 5.26 Å². The quantitative estimate of drug-likeness (QED) is 0.752. The fourth-order valence-electron chi connectivity index (χ4n) is 2.37. The molecule has 1 heterocycles. The minimum absolute atomic E-state index is 0.227. The monoisotopic (exact) mass is 331 g/mol. The average Bonchev–Trinajstić information content (AvgIpc) is 3.11. The zero-order valence-electron chi connectivity index (χ0n) is 13.7. The molecule has 0 saturated heterocycles. The third-order valence-electron chi connectivity index (χ3n) is 3.69. The second kappa shape index (κ2) is 7.32. The molecule has 1 unspecified atom stereocenters. The van der Waals surface area contributed by atoms with Crippen LogP contribution in [0, 0.1) is 11.3 Å². The number of nitrogens with zero attached hydrogens (tertiary/aromatic N) is 3. The second-order valence-electron chi connectivity index (χ2n) is 5.52. The molecule has 0 spiro atoms. The van der Waals surface area contributed by atoms with E-state index in [0.717, 1.165) is 11.4 Å². The molecule has 25 heavy (non-hydrogen) atoms. The first kappa shape index (κ1) is 16.3. The number of hydrogen-bond donors (Lipinski definition) is 2. The van der Waals surface area contributed by atoms with Crippen LogP contribution < -0.4 is 10.6 Å². The molecule has 6 nitrogen and oxygen atoms in total. The molecule has 1 aromatic heterocycles. The summed E-state index contributed by atoms with van der Waals surface area (Å²) in [4.78, 5) is 12.4. The number of anilines is 2. The number of para-hydroxylation sites is 2. The van der Waals surface area contributed by atoms with Gasteiger partial charge < -0.3 is 10.6 Å². The van der Waals surface area contributed by atoms with Crippen molar-refractivity contribution in [1.82, 2.24) is 9.78 Å². The third kappa shape index (κ3) is 3.85. The van der Waals surface area contributed by atoms with Crippen LogP contribution in [0.5, 0.6) is 0 Å². The average molecular weight is 331 g/mol. The van der Waals surface area contributed by atoms with E-state index in [1.165, 1.54) is 0 Å². The number of rotatable bonds is 5. The van der Waals surface area contributed by atoms with Crippen LogP contribution in [0.15, 0.2) is 67.0 Å². The van der Waals surface area contributed by atoms with Gasteiger partial charge >= 0.3 is 0 Å². The fourth-order valence-corrected chi connectivity index (χ4v) is 2.37. The molecular weight excluding hydrogens is 314 g/mol. The Balaban J connectivity index is 1.66. The summed E-state index contributed by atoms with van der Waals surface area (Å²) < 4.78 is 1.73. The summed E-state index contributed by atoms with van der Waals surface area (Å²) in [7, 11) is 0. The number of nitrogens with one attached hydrogen (secondary N) is 2. The molecule has 3 rings (SSSR count). The highest BCUT2D eigenvalue weighted by Gasteiger charge is 2.15. The van der Waals surface area contributed by atoms with E-state index >= 15 is 0 Å². The standard InChI is InChI=1S/C19H17N5O/c1-14(19(25)23-18-10-6-5-7-15(18)11-20)22-16-12-21-24(13-16)17-8-3-2-4-9-17/h2-10,12-14,22H,1H3,(H,23,25). The number of carbonyl (C=O) groups is 1. The van der Waals surface area contributed by atoms with Crippen LogP contribution in [0.3, 0.4) is 0 Å². The van der Waals surface area contributed by atoms with Gasteiger partial charge in [0.15, 0.2) is 0 Å². The Morgan fingerprint density at radius 3 is 2.64 bits per heavy atom. The lowest BCUT2D eigenvalue weighted by molar-refractivity contribution is -0.116. The molecule has 2 N–H and O–H groups in total. The Bertz CT molecular complexity index is 911. The summed E-state index contributed by atoms with van der Waals surface area (Å²) in [6.45, 7) is 1.75. The van der Waals surface area contributed by atoms with E-state index < -0.39 is 6.04 Å². The molecule has 0 aliphatic heterocycles. The van der Waals surface area contributed by atoms with Gasteiger partial charge in [0.1, 0.15) is 12.1 Å². The van der Waals surface area contributed by atoms with Crippen molar-refractivity contribution < 1.29 is 4.79 Å². The second-order valence-corrected chi connectivity index (χ2v) is 5.52. The van der Waals surface area contributed by atoms with Crippen molar-refractivity contribution in [3.63, 3.8) is 0 Å². The van der Waals surface area contributed by atoms with Crippen LogP contribution in [-0.4, -0.2) is 21.7 Å². The molecule has 0 aliphatic carbocycles. The van der Waals surface area contributed by atoms with Crippen molar-refractivity contribution >= 4 is 17.3 Å². The first-order valence-electron chi connectivity index (χ1n) is 7.84. The van der Waals surface area contributed by atoms with Gasteiger partial charge in [-0.2, -0.15) is 10.4 Å². The number of nitriles is 1. The van der Waals surface area contributed by atoms with Gasteiger partial charge in [0.2, 0.25) is 5.91 Å². The van der Waals surface area contributed by atoms with Crippen LogP contribution in [0.1, 0.15) is 12.5 Å². The van der Waals surface area contributed by atoms with Gasteiger partial charge in [-0.1, -0.05) is 30.3 Å². The third-order valence-corrected chi connectivity index (χ3v) is 3.69. The summed E-state index contributed by atoms with van der Waals surface area (Å²) in [5.41, 5.74) is 2.61. The number of aromatic nitrogens is 2. The van der Waals surface area contributed by atoms with Crippen LogP contribution in [-0.2, 0) is 4.79 Å². The normalized spacial score (nSPS) is 11.4. The Morgan fingerprint density at radius 2 is 1.88 bits per heavy atom. The molecule has 0 saturated carbocycles. The van der Waals surface area contributed by atoms with Crippen molar-refractivity contribution in [2.45, 2.75) is 13.0 Å². The molecule has 124 valence electrons. The van der Waals surface area contributed by atoms with Crippen molar-refractivity contribution in [2.75, 3.05) is 10.6 Å². The maximum atomic E-state index is 12.4. The highest BCUT2D eigenvalue weighted by Crippen LogP contribution is 2.15. The van der Waals surface area contributed by atoms with E-state index in [9.17, 15) is 4.79 Å². The lowest BCUT2D eigenvalue weighted by Gasteiger charge is -2.14. The Labute approximate surface area is 145 Å². The van der Waals surface area contributed by atoms with Crippen molar-refractivity contribution in [2.24, 2.45) is 0 Å². The smallest absolute Gasteiger partial charge is 0.246 e. The van der Waals surface area contributed by atoms with Crippen LogP contribution in [0.4, 0.5) is 11.4 Å². The molecule has 1 amide bonds. The fraction of sp³-hybridized carbons (Fsp3) is 0.105. The molecule has 1 atom stereocenters. The van der Waals surface area contributed by atoms with Gasteiger partial charge in [-0.05, 0) is 31.2 Å². The number of amides is 1. The SMILES string of the molecule is CC(Nc1cnn(-c2ccccc2)c1)C(=O)Nc1ccccc1C#N. The van der Waals surface area contributed by atoms with Gasteiger partial charge in [0.05, 0.1) is 35.0 Å². The first-order chi connectivity index (χ1) is 12.2. The highest BCUT2D eigenvalue weighted by atomic mass is 16.2. The molecule has 0 fully saturated rings. The molecule has 2 aromatic carbocycles. The van der Waals surface area contributed by atoms with Crippen LogP contribution in [0.25, 0.3) is 5.69 Å². The summed E-state index contributed by atoms with van der Waals surface area (Å²) in [6, 6.07) is 18.2. The Hall–Kier alpha value is -3.59. The predicted octanol–water partition coefficient (Wildman–Crippen LogP) is 3.18. The predicted molar refractivity (Wildman–Crippen MR) is 96.4 cm³/mol. The van der Waals surface area contributed by atoms with Gasteiger partial charge in [-0.3, -0.25) is 4.79 Å². The van der Waals surface area contributed by atoms with Gasteiger partial charge in [0, 0.05) is 0 Å². The molecule has 6 heteroatoms. The summed E-state index contributed by atoms with van der Waals surface area (Å²) in [5.74, 6) is -0.227. The van der Waals surface area contributed by atoms with Gasteiger partial charge in [0.25, 0.3) is 0 Å². The molecule has 0 aliphatic rings. The lowest BCUT2D eigenvalue weighted by atomic mass is 10.2. The van der Waals surface area contributed by atoms with Crippen molar-refractivity contribution in [3.8, 4) is 11.8 Å². The largest absolute Gasteiger partial charge is 0.371 e. The summed E-state index contributed by atoms with van der Waals surface area (Å²) >= 11 is 0. The molecule has 0 radical (unpaired) electrons. The molecule has 3 aromatic rings. The van der Waals surface area contributed by atoms with Crippen LogP contribution >= 0.6 is 0 Å². The maximum absolute atomic E-state index is 12.4. The van der Waals surface area contributed by atoms with Crippen LogP contribution in [0.2, 0.25) is 0 Å². The van der Waals surface area contributed by atoms with Crippen molar-refractivity contribution in [1.29, 1.82) is 5.26 Å². The molecule has 0 bridgehead atoms. The van der Waals surface area contributed by atoms with Gasteiger partial charge in [-0.25, -0.2) is 4.68 Å². The number of carbonyl (C=O) groups excluding carboxylic acids is 1. The first-order valence-corrected chi connectivity index (χ1v) is 7.84. The summed E-state index contributed by atoms with van der Waals surface area (Å²) in [5, 5.41) is 19.3. The maximum Gasteiger partial charge on any atom is 0.246 e. The number of hydrogen-bond acceptors (Lipinski definition) is 4. The van der Waals surface area contributed by atoms with Crippen molar-refractivity contribution in [3.05, 3.63) is 72.6 Å². The highest BCUT2D eigenvalue weighted by molar-refractivity contribution is 5.97.